The van der Waals surface area contributed by atoms with Gasteiger partial charge in [0.05, 0.1) is 23.1 Å². The van der Waals surface area contributed by atoms with Crippen LogP contribution in [0.1, 0.15) is 12.2 Å². The summed E-state index contributed by atoms with van der Waals surface area (Å²) in [4.78, 5) is 14.5. The van der Waals surface area contributed by atoms with Gasteiger partial charge in [0.2, 0.25) is 0 Å². The highest BCUT2D eigenvalue weighted by Gasteiger charge is 2.25. The number of nitrogens with zero attached hydrogens (tertiary/aromatic N) is 3. The molecule has 1 fully saturated rings. The lowest BCUT2D eigenvalue weighted by Gasteiger charge is -2.18. The van der Waals surface area contributed by atoms with Crippen molar-refractivity contribution in [3.8, 4) is 0 Å². The molecule has 3 heterocycles. The van der Waals surface area contributed by atoms with Crippen LogP contribution in [0.5, 0.6) is 0 Å². The molecule has 3 aromatic rings. The first-order valence-electron chi connectivity index (χ1n) is 8.01. The molecule has 0 spiro atoms. The summed E-state index contributed by atoms with van der Waals surface area (Å²) >= 11 is 0. The standard InChI is InChI=1S/C16H20FN7/c1-20-11-5-8(17)4-10-13-15(23-14(10)11)21-12(6-18)22-16(13)24-3-2-9(19)7-24/h4-5,9,20H,2-3,6-7,18-19H2,1H3,(H,21,22,23). The second kappa shape index (κ2) is 5.57. The maximum absolute atomic E-state index is 14.1. The van der Waals surface area contributed by atoms with E-state index in [4.69, 9.17) is 11.5 Å². The lowest BCUT2D eigenvalue weighted by Crippen LogP contribution is -2.27. The summed E-state index contributed by atoms with van der Waals surface area (Å²) in [5, 5.41) is 4.59. The quantitative estimate of drug-likeness (QED) is 0.576. The SMILES string of the molecule is CNc1cc(F)cc2c1[nH]c1nc(CN)nc(N3CCC(N)C3)c12. The Balaban J connectivity index is 2.05. The van der Waals surface area contributed by atoms with Crippen molar-refractivity contribution in [3.63, 3.8) is 0 Å². The average molecular weight is 329 g/mol. The number of benzene rings is 1. The van der Waals surface area contributed by atoms with Crippen molar-refractivity contribution in [2.45, 2.75) is 19.0 Å². The van der Waals surface area contributed by atoms with Gasteiger partial charge in [-0.3, -0.25) is 0 Å². The van der Waals surface area contributed by atoms with E-state index < -0.39 is 0 Å². The number of hydrogen-bond acceptors (Lipinski definition) is 6. The summed E-state index contributed by atoms with van der Waals surface area (Å²) in [6.07, 6.45) is 0.905. The number of aromatic amines is 1. The summed E-state index contributed by atoms with van der Waals surface area (Å²) in [6.45, 7) is 1.78. The lowest BCUT2D eigenvalue weighted by atomic mass is 10.1. The van der Waals surface area contributed by atoms with Crippen LogP contribution in [0.15, 0.2) is 12.1 Å². The highest BCUT2D eigenvalue weighted by Crippen LogP contribution is 2.36. The van der Waals surface area contributed by atoms with E-state index in [2.05, 4.69) is 25.2 Å². The second-order valence-electron chi connectivity index (χ2n) is 6.14. The Morgan fingerprint density at radius 2 is 2.25 bits per heavy atom. The largest absolute Gasteiger partial charge is 0.386 e. The minimum absolute atomic E-state index is 0.117. The van der Waals surface area contributed by atoms with Gasteiger partial charge in [-0.2, -0.15) is 0 Å². The van der Waals surface area contributed by atoms with Gasteiger partial charge in [0.25, 0.3) is 0 Å². The monoisotopic (exact) mass is 329 g/mol. The van der Waals surface area contributed by atoms with Gasteiger partial charge in [-0.15, -0.1) is 0 Å². The van der Waals surface area contributed by atoms with E-state index >= 15 is 0 Å². The van der Waals surface area contributed by atoms with E-state index in [1.807, 2.05) is 0 Å². The van der Waals surface area contributed by atoms with E-state index in [-0.39, 0.29) is 18.4 Å². The fourth-order valence-electron chi connectivity index (χ4n) is 3.39. The molecule has 1 aliphatic rings. The van der Waals surface area contributed by atoms with Crippen LogP contribution in [-0.2, 0) is 6.54 Å². The average Bonchev–Trinajstić information content (AvgIpc) is 3.16. The van der Waals surface area contributed by atoms with Gasteiger partial charge in [-0.25, -0.2) is 14.4 Å². The summed E-state index contributed by atoms with van der Waals surface area (Å²) < 4.78 is 14.1. The fourth-order valence-corrected chi connectivity index (χ4v) is 3.39. The first-order chi connectivity index (χ1) is 11.6. The molecule has 1 aliphatic heterocycles. The molecule has 7 nitrogen and oxygen atoms in total. The first-order valence-corrected chi connectivity index (χ1v) is 8.01. The molecular formula is C16H20FN7. The van der Waals surface area contributed by atoms with Crippen LogP contribution in [0, 0.1) is 5.82 Å². The number of nitrogens with two attached hydrogens (primary N) is 2. The highest BCUT2D eigenvalue weighted by molar-refractivity contribution is 6.14. The van der Waals surface area contributed by atoms with Crippen LogP contribution in [0.2, 0.25) is 0 Å². The number of hydrogen-bond donors (Lipinski definition) is 4. The van der Waals surface area contributed by atoms with Gasteiger partial charge in [-0.05, 0) is 18.6 Å². The molecule has 0 radical (unpaired) electrons. The number of H-pyrrole nitrogens is 1. The van der Waals surface area contributed by atoms with Gasteiger partial charge in [0.15, 0.2) is 0 Å². The zero-order valence-electron chi connectivity index (χ0n) is 13.4. The number of anilines is 2. The van der Waals surface area contributed by atoms with E-state index in [9.17, 15) is 4.39 Å². The normalized spacial score (nSPS) is 18.0. The Morgan fingerprint density at radius 3 is 2.92 bits per heavy atom. The molecule has 6 N–H and O–H groups in total. The smallest absolute Gasteiger partial charge is 0.146 e. The van der Waals surface area contributed by atoms with E-state index in [0.29, 0.717) is 17.2 Å². The van der Waals surface area contributed by atoms with Gasteiger partial charge in [-0.1, -0.05) is 0 Å². The van der Waals surface area contributed by atoms with Crippen molar-refractivity contribution < 1.29 is 4.39 Å². The van der Waals surface area contributed by atoms with Crippen molar-refractivity contribution >= 4 is 33.4 Å². The maximum atomic E-state index is 14.1. The third-order valence-corrected chi connectivity index (χ3v) is 4.53. The molecule has 8 heteroatoms. The molecule has 1 atom stereocenters. The molecule has 24 heavy (non-hydrogen) atoms. The molecule has 1 aromatic carbocycles. The molecular weight excluding hydrogens is 309 g/mol. The van der Waals surface area contributed by atoms with Crippen molar-refractivity contribution in [3.05, 3.63) is 23.8 Å². The lowest BCUT2D eigenvalue weighted by molar-refractivity contribution is 0.630. The molecule has 0 aliphatic carbocycles. The number of fused-ring (bicyclic) bond motifs is 3. The second-order valence-corrected chi connectivity index (χ2v) is 6.14. The van der Waals surface area contributed by atoms with E-state index in [1.165, 1.54) is 12.1 Å². The molecule has 2 aromatic heterocycles. The Morgan fingerprint density at radius 1 is 1.42 bits per heavy atom. The predicted molar refractivity (Wildman–Crippen MR) is 93.6 cm³/mol. The molecule has 126 valence electrons. The van der Waals surface area contributed by atoms with Crippen LogP contribution in [0.25, 0.3) is 21.9 Å². The van der Waals surface area contributed by atoms with Crippen LogP contribution in [0.4, 0.5) is 15.9 Å². The first kappa shape index (κ1) is 15.1. The number of aromatic nitrogens is 3. The van der Waals surface area contributed by atoms with Gasteiger partial charge < -0.3 is 26.7 Å². The van der Waals surface area contributed by atoms with Crippen molar-refractivity contribution in [2.75, 3.05) is 30.4 Å². The molecule has 0 bridgehead atoms. The van der Waals surface area contributed by atoms with Crippen molar-refractivity contribution in [2.24, 2.45) is 11.5 Å². The zero-order valence-corrected chi connectivity index (χ0v) is 13.4. The summed E-state index contributed by atoms with van der Waals surface area (Å²) in [5.41, 5.74) is 14.0. The molecule has 0 amide bonds. The number of nitrogens with one attached hydrogen (secondary N) is 2. The van der Waals surface area contributed by atoms with Crippen molar-refractivity contribution in [1.29, 1.82) is 0 Å². The summed E-state index contributed by atoms with van der Waals surface area (Å²) in [5.74, 6) is 1.02. The van der Waals surface area contributed by atoms with Gasteiger partial charge >= 0.3 is 0 Å². The van der Waals surface area contributed by atoms with Crippen LogP contribution < -0.4 is 21.7 Å². The Bertz CT molecular complexity index is 920. The Kier molecular flexibility index (Phi) is 3.50. The minimum atomic E-state index is -0.306. The van der Waals surface area contributed by atoms with Crippen LogP contribution >= 0.6 is 0 Å². The topological polar surface area (TPSA) is 109 Å². The predicted octanol–water partition coefficient (Wildman–Crippen LogP) is 1.29. The Hall–Kier alpha value is -2.45. The number of halogens is 1. The third kappa shape index (κ3) is 2.26. The zero-order chi connectivity index (χ0) is 16.8. The summed E-state index contributed by atoms with van der Waals surface area (Å²) in [6, 6.07) is 3.09. The van der Waals surface area contributed by atoms with E-state index in [0.717, 1.165) is 41.6 Å². The molecule has 1 unspecified atom stereocenters. The molecule has 4 rings (SSSR count). The van der Waals surface area contributed by atoms with Crippen molar-refractivity contribution in [1.82, 2.24) is 15.0 Å². The minimum Gasteiger partial charge on any atom is -0.386 e. The highest BCUT2D eigenvalue weighted by atomic mass is 19.1. The molecule has 0 saturated carbocycles. The fraction of sp³-hybridized carbons (Fsp3) is 0.375. The third-order valence-electron chi connectivity index (χ3n) is 4.53. The van der Waals surface area contributed by atoms with Crippen LogP contribution in [-0.4, -0.2) is 41.1 Å². The number of rotatable bonds is 3. The maximum Gasteiger partial charge on any atom is 0.146 e. The Labute approximate surface area is 138 Å². The van der Waals surface area contributed by atoms with Gasteiger partial charge in [0.1, 0.15) is 23.1 Å². The van der Waals surface area contributed by atoms with Crippen LogP contribution in [0.3, 0.4) is 0 Å². The van der Waals surface area contributed by atoms with Gasteiger partial charge in [0, 0.05) is 31.6 Å². The molecule has 1 saturated heterocycles. The van der Waals surface area contributed by atoms with E-state index in [1.54, 1.807) is 7.05 Å². The summed E-state index contributed by atoms with van der Waals surface area (Å²) in [7, 11) is 1.76.